The van der Waals surface area contributed by atoms with Crippen molar-refractivity contribution in [1.82, 2.24) is 0 Å². The first-order chi connectivity index (χ1) is 10.6. The average molecular weight is 309 g/mol. The van der Waals surface area contributed by atoms with Gasteiger partial charge in [0.05, 0.1) is 0 Å². The maximum absolute atomic E-state index is 11.1. The molecule has 0 rings (SSSR count). The van der Waals surface area contributed by atoms with Gasteiger partial charge in [-0.2, -0.15) is 0 Å². The molecule has 22 heavy (non-hydrogen) atoms. The van der Waals surface area contributed by atoms with Crippen LogP contribution in [0.3, 0.4) is 0 Å². The highest BCUT2D eigenvalue weighted by atomic mass is 16.4. The summed E-state index contributed by atoms with van der Waals surface area (Å²) in [5.74, 6) is -2.19. The second-order valence-electron chi connectivity index (χ2n) is 6.04. The monoisotopic (exact) mass is 309 g/mol. The fourth-order valence-corrected chi connectivity index (χ4v) is 2.43. The van der Waals surface area contributed by atoms with E-state index in [2.05, 4.69) is 6.92 Å². The van der Waals surface area contributed by atoms with Crippen molar-refractivity contribution >= 4 is 5.97 Å². The third-order valence-electron chi connectivity index (χ3n) is 3.89. The number of carboxylic acids is 1. The molecular weight excluding hydrogens is 276 g/mol. The van der Waals surface area contributed by atoms with E-state index in [4.69, 9.17) is 5.11 Å². The van der Waals surface area contributed by atoms with Gasteiger partial charge in [-0.25, -0.2) is 4.79 Å². The Bertz CT molecular complexity index is 343. The molecule has 0 radical (unpaired) electrons. The number of carboxylic acid groups (broad SMARTS) is 1. The van der Waals surface area contributed by atoms with E-state index in [9.17, 15) is 9.90 Å². The Hall–Kier alpha value is -1.25. The number of aliphatic carboxylic acids is 1. The van der Waals surface area contributed by atoms with Crippen molar-refractivity contribution in [2.45, 2.75) is 90.9 Å². The molecule has 0 amide bonds. The summed E-state index contributed by atoms with van der Waals surface area (Å²) in [4.78, 5) is 10.5. The van der Waals surface area contributed by atoms with Gasteiger partial charge in [0.25, 0.3) is 0 Å². The summed E-state index contributed by atoms with van der Waals surface area (Å²) in [5.41, 5.74) is 0.301. The van der Waals surface area contributed by atoms with Crippen molar-refractivity contribution in [1.29, 1.82) is 0 Å². The second kappa shape index (κ2) is 14.7. The molecule has 0 aromatic rings. The molecular formula is C19H33O3-. The molecule has 0 heterocycles. The van der Waals surface area contributed by atoms with Crippen LogP contribution in [0.15, 0.2) is 23.5 Å². The number of carbonyl (C=O) groups is 1. The first-order valence-corrected chi connectivity index (χ1v) is 8.87. The highest BCUT2D eigenvalue weighted by Crippen LogP contribution is 2.12. The third kappa shape index (κ3) is 12.5. The van der Waals surface area contributed by atoms with Gasteiger partial charge in [0.1, 0.15) is 0 Å². The van der Waals surface area contributed by atoms with Crippen LogP contribution >= 0.6 is 0 Å². The minimum Gasteiger partial charge on any atom is -0.867 e. The summed E-state index contributed by atoms with van der Waals surface area (Å²) >= 11 is 0. The Morgan fingerprint density at radius 2 is 1.36 bits per heavy atom. The van der Waals surface area contributed by atoms with Crippen LogP contribution in [0.2, 0.25) is 0 Å². The molecule has 0 saturated heterocycles. The first kappa shape index (κ1) is 20.8. The SMILES string of the molecule is CCCCCCCCCCCCCC=CC(C)=C([O-])C(=O)O. The maximum Gasteiger partial charge on any atom is 0.320 e. The molecule has 0 aliphatic carbocycles. The molecule has 3 heteroatoms. The van der Waals surface area contributed by atoms with Crippen LogP contribution in [0.5, 0.6) is 0 Å². The average Bonchev–Trinajstić information content (AvgIpc) is 2.50. The lowest BCUT2D eigenvalue weighted by Crippen LogP contribution is -2.16. The van der Waals surface area contributed by atoms with E-state index in [1.54, 1.807) is 13.0 Å². The molecule has 0 spiro atoms. The molecule has 0 aromatic carbocycles. The number of unbranched alkanes of at least 4 members (excludes halogenated alkanes) is 11. The van der Waals surface area contributed by atoms with Crippen molar-refractivity contribution < 1.29 is 15.0 Å². The normalized spacial score (nSPS) is 12.6. The summed E-state index contributed by atoms with van der Waals surface area (Å²) in [6, 6.07) is 0. The maximum atomic E-state index is 11.1. The Kier molecular flexibility index (Phi) is 13.8. The molecule has 1 N–H and O–H groups in total. The summed E-state index contributed by atoms with van der Waals surface area (Å²) < 4.78 is 0. The van der Waals surface area contributed by atoms with E-state index in [0.717, 1.165) is 12.8 Å². The topological polar surface area (TPSA) is 60.4 Å². The number of hydrogen-bond acceptors (Lipinski definition) is 2. The molecule has 0 atom stereocenters. The molecule has 0 unspecified atom stereocenters. The second-order valence-corrected chi connectivity index (χ2v) is 6.04. The molecule has 128 valence electrons. The largest absolute Gasteiger partial charge is 0.867 e. The van der Waals surface area contributed by atoms with Gasteiger partial charge >= 0.3 is 5.97 Å². The Labute approximate surface area is 136 Å². The molecule has 3 nitrogen and oxygen atoms in total. The van der Waals surface area contributed by atoms with E-state index >= 15 is 0 Å². The minimum atomic E-state index is -1.38. The van der Waals surface area contributed by atoms with Gasteiger partial charge in [0.2, 0.25) is 0 Å². The van der Waals surface area contributed by atoms with E-state index in [-0.39, 0.29) is 0 Å². The lowest BCUT2D eigenvalue weighted by Gasteiger charge is -2.07. The van der Waals surface area contributed by atoms with Crippen molar-refractivity contribution in [3.8, 4) is 0 Å². The lowest BCUT2D eigenvalue weighted by molar-refractivity contribution is -0.303. The van der Waals surface area contributed by atoms with Gasteiger partial charge in [-0.05, 0) is 25.5 Å². The van der Waals surface area contributed by atoms with Gasteiger partial charge < -0.3 is 10.2 Å². The van der Waals surface area contributed by atoms with Gasteiger partial charge in [-0.15, -0.1) is 0 Å². The molecule has 0 aliphatic heterocycles. The highest BCUT2D eigenvalue weighted by molar-refractivity contribution is 5.84. The van der Waals surface area contributed by atoms with Crippen molar-refractivity contribution in [2.75, 3.05) is 0 Å². The zero-order valence-electron chi connectivity index (χ0n) is 14.4. The third-order valence-corrected chi connectivity index (χ3v) is 3.89. The minimum absolute atomic E-state index is 0.301. The van der Waals surface area contributed by atoms with Crippen molar-refractivity contribution in [3.05, 3.63) is 23.5 Å². The molecule has 0 aromatic heterocycles. The zero-order chi connectivity index (χ0) is 16.6. The fourth-order valence-electron chi connectivity index (χ4n) is 2.43. The lowest BCUT2D eigenvalue weighted by atomic mass is 10.1. The standard InChI is InChI=1S/C19H34O3/c1-3-4-5-6-7-8-9-10-11-12-13-14-15-16-17(2)18(20)19(21)22/h15-16,20H,3-14H2,1-2H3,(H,21,22)/p-1. The molecule has 0 fully saturated rings. The Morgan fingerprint density at radius 3 is 1.82 bits per heavy atom. The smallest absolute Gasteiger partial charge is 0.320 e. The number of rotatable bonds is 14. The van der Waals surface area contributed by atoms with E-state index in [1.807, 2.05) is 6.08 Å². The van der Waals surface area contributed by atoms with Crippen molar-refractivity contribution in [3.63, 3.8) is 0 Å². The van der Waals surface area contributed by atoms with Crippen LogP contribution in [-0.4, -0.2) is 11.1 Å². The fraction of sp³-hybridized carbons (Fsp3) is 0.737. The van der Waals surface area contributed by atoms with Crippen LogP contribution in [0.25, 0.3) is 0 Å². The van der Waals surface area contributed by atoms with Crippen LogP contribution in [0.1, 0.15) is 90.9 Å². The van der Waals surface area contributed by atoms with Crippen LogP contribution < -0.4 is 5.11 Å². The number of allylic oxidation sites excluding steroid dienone is 3. The van der Waals surface area contributed by atoms with E-state index < -0.39 is 11.7 Å². The van der Waals surface area contributed by atoms with E-state index in [1.165, 1.54) is 64.2 Å². The van der Waals surface area contributed by atoms with Gasteiger partial charge in [0.15, 0.2) is 0 Å². The summed E-state index contributed by atoms with van der Waals surface area (Å²) in [7, 11) is 0. The summed E-state index contributed by atoms with van der Waals surface area (Å²) in [6.07, 6.45) is 19.0. The summed E-state index contributed by atoms with van der Waals surface area (Å²) in [6.45, 7) is 3.80. The van der Waals surface area contributed by atoms with E-state index in [0.29, 0.717) is 5.57 Å². The Balaban J connectivity index is 3.40. The van der Waals surface area contributed by atoms with Crippen LogP contribution in [0.4, 0.5) is 0 Å². The van der Waals surface area contributed by atoms with Gasteiger partial charge in [-0.1, -0.05) is 88.9 Å². The number of hydrogen-bond donors (Lipinski definition) is 1. The quantitative estimate of drug-likeness (QED) is 0.213. The molecule has 0 bridgehead atoms. The highest BCUT2D eigenvalue weighted by Gasteiger charge is 1.96. The van der Waals surface area contributed by atoms with Crippen molar-refractivity contribution in [2.24, 2.45) is 0 Å². The van der Waals surface area contributed by atoms with Crippen LogP contribution in [0, 0.1) is 0 Å². The first-order valence-electron chi connectivity index (χ1n) is 8.87. The molecule has 0 saturated carbocycles. The molecule has 0 aliphatic rings. The Morgan fingerprint density at radius 1 is 0.909 bits per heavy atom. The summed E-state index contributed by atoms with van der Waals surface area (Å²) in [5, 5.41) is 19.7. The van der Waals surface area contributed by atoms with Gasteiger partial charge in [0, 0.05) is 0 Å². The predicted molar refractivity (Wildman–Crippen MR) is 90.6 cm³/mol. The predicted octanol–water partition coefficient (Wildman–Crippen LogP) is 4.96. The zero-order valence-corrected chi connectivity index (χ0v) is 14.4. The van der Waals surface area contributed by atoms with Gasteiger partial charge in [-0.3, -0.25) is 0 Å². The van der Waals surface area contributed by atoms with Crippen LogP contribution in [-0.2, 0) is 4.79 Å².